The zero-order valence-electron chi connectivity index (χ0n) is 15.5. The molecule has 26 heavy (non-hydrogen) atoms. The molecule has 0 aliphatic carbocycles. The highest BCUT2D eigenvalue weighted by Gasteiger charge is 2.26. The Morgan fingerprint density at radius 1 is 1.08 bits per heavy atom. The largest absolute Gasteiger partial charge is 0.481 e. The molecule has 0 N–H and O–H groups in total. The lowest BCUT2D eigenvalue weighted by molar-refractivity contribution is -0.138. The predicted octanol–water partition coefficient (Wildman–Crippen LogP) is 4.07. The van der Waals surface area contributed by atoms with Gasteiger partial charge in [-0.2, -0.15) is 0 Å². The van der Waals surface area contributed by atoms with Crippen LogP contribution in [0.3, 0.4) is 0 Å². The van der Waals surface area contributed by atoms with Crippen LogP contribution in [0.25, 0.3) is 0 Å². The van der Waals surface area contributed by atoms with Gasteiger partial charge < -0.3 is 14.5 Å². The van der Waals surface area contributed by atoms with Gasteiger partial charge in [-0.25, -0.2) is 0 Å². The number of hydrogen-bond acceptors (Lipinski definition) is 3. The quantitative estimate of drug-likeness (QED) is 0.810. The van der Waals surface area contributed by atoms with Crippen LogP contribution < -0.4 is 9.64 Å². The summed E-state index contributed by atoms with van der Waals surface area (Å²) in [5, 5.41) is 0.740. The molecule has 3 rings (SSSR count). The van der Waals surface area contributed by atoms with E-state index in [1.165, 1.54) is 5.56 Å². The lowest BCUT2D eigenvalue weighted by atomic mass is 10.1. The van der Waals surface area contributed by atoms with Crippen LogP contribution in [-0.4, -0.2) is 43.1 Å². The zero-order chi connectivity index (χ0) is 18.7. The molecule has 1 aliphatic heterocycles. The highest BCUT2D eigenvalue weighted by atomic mass is 35.5. The van der Waals surface area contributed by atoms with Crippen molar-refractivity contribution in [3.63, 3.8) is 0 Å². The maximum atomic E-state index is 12.7. The second-order valence-electron chi connectivity index (χ2n) is 6.82. The van der Waals surface area contributed by atoms with Gasteiger partial charge in [-0.3, -0.25) is 4.79 Å². The second kappa shape index (κ2) is 8.00. The zero-order valence-corrected chi connectivity index (χ0v) is 16.3. The summed E-state index contributed by atoms with van der Waals surface area (Å²) in [5.74, 6) is 0.771. The average molecular weight is 373 g/mol. The van der Waals surface area contributed by atoms with Crippen molar-refractivity contribution in [1.82, 2.24) is 4.90 Å². The molecule has 2 aromatic carbocycles. The Kier molecular flexibility index (Phi) is 5.72. The van der Waals surface area contributed by atoms with Crippen molar-refractivity contribution in [2.45, 2.75) is 26.9 Å². The Balaban J connectivity index is 1.58. The van der Waals surface area contributed by atoms with E-state index in [1.54, 1.807) is 0 Å². The Morgan fingerprint density at radius 2 is 1.81 bits per heavy atom. The molecule has 0 unspecified atom stereocenters. The Morgan fingerprint density at radius 3 is 2.50 bits per heavy atom. The van der Waals surface area contributed by atoms with E-state index in [-0.39, 0.29) is 5.91 Å². The van der Waals surface area contributed by atoms with Gasteiger partial charge in [0.2, 0.25) is 0 Å². The third-order valence-corrected chi connectivity index (χ3v) is 4.99. The number of amides is 1. The number of rotatable bonds is 4. The molecule has 1 heterocycles. The minimum Gasteiger partial charge on any atom is -0.481 e. The number of carbonyl (C=O) groups is 1. The van der Waals surface area contributed by atoms with Gasteiger partial charge in [0.15, 0.2) is 6.10 Å². The predicted molar refractivity (Wildman–Crippen MR) is 106 cm³/mol. The topological polar surface area (TPSA) is 32.8 Å². The fraction of sp³-hybridized carbons (Fsp3) is 0.381. The Labute approximate surface area is 160 Å². The first kappa shape index (κ1) is 18.6. The summed E-state index contributed by atoms with van der Waals surface area (Å²) in [4.78, 5) is 16.9. The van der Waals surface area contributed by atoms with Crippen molar-refractivity contribution in [3.8, 4) is 5.75 Å². The standard InChI is InChI=1S/C21H25ClN2O2/c1-15-5-4-6-19(13-15)26-17(3)21(25)24-11-9-23(10-12-24)20-14-18(22)8-7-16(20)2/h4-8,13-14,17H,9-12H2,1-3H3/t17-/m0/s1. The number of aryl methyl sites for hydroxylation is 2. The molecule has 0 saturated carbocycles. The maximum absolute atomic E-state index is 12.7. The summed E-state index contributed by atoms with van der Waals surface area (Å²) >= 11 is 6.14. The van der Waals surface area contributed by atoms with E-state index in [4.69, 9.17) is 16.3 Å². The Bertz CT molecular complexity index is 785. The van der Waals surface area contributed by atoms with E-state index in [0.29, 0.717) is 13.1 Å². The summed E-state index contributed by atoms with van der Waals surface area (Å²) in [6, 6.07) is 13.7. The van der Waals surface area contributed by atoms with Gasteiger partial charge in [-0.05, 0) is 56.2 Å². The highest BCUT2D eigenvalue weighted by Crippen LogP contribution is 2.25. The second-order valence-corrected chi connectivity index (χ2v) is 7.26. The summed E-state index contributed by atoms with van der Waals surface area (Å²) in [6.07, 6.45) is -0.490. The fourth-order valence-electron chi connectivity index (χ4n) is 3.29. The number of anilines is 1. The van der Waals surface area contributed by atoms with Crippen molar-refractivity contribution in [1.29, 1.82) is 0 Å². The number of hydrogen-bond donors (Lipinski definition) is 0. The van der Waals surface area contributed by atoms with E-state index >= 15 is 0 Å². The van der Waals surface area contributed by atoms with Crippen LogP contribution in [0, 0.1) is 13.8 Å². The normalized spacial score (nSPS) is 15.7. The van der Waals surface area contributed by atoms with Crippen LogP contribution in [0.5, 0.6) is 5.75 Å². The van der Waals surface area contributed by atoms with Crippen LogP contribution in [0.2, 0.25) is 5.02 Å². The van der Waals surface area contributed by atoms with Crippen molar-refractivity contribution < 1.29 is 9.53 Å². The smallest absolute Gasteiger partial charge is 0.263 e. The van der Waals surface area contributed by atoms with Crippen LogP contribution in [-0.2, 0) is 4.79 Å². The molecule has 0 aromatic heterocycles. The number of carbonyl (C=O) groups excluding carboxylic acids is 1. The fourth-order valence-corrected chi connectivity index (χ4v) is 3.46. The van der Waals surface area contributed by atoms with Crippen LogP contribution in [0.1, 0.15) is 18.1 Å². The molecule has 5 heteroatoms. The van der Waals surface area contributed by atoms with E-state index < -0.39 is 6.10 Å². The first-order valence-corrected chi connectivity index (χ1v) is 9.35. The molecule has 1 atom stereocenters. The van der Waals surface area contributed by atoms with Gasteiger partial charge >= 0.3 is 0 Å². The van der Waals surface area contributed by atoms with Gasteiger partial charge in [0.25, 0.3) is 5.91 Å². The molecular weight excluding hydrogens is 348 g/mol. The minimum absolute atomic E-state index is 0.0361. The summed E-state index contributed by atoms with van der Waals surface area (Å²) in [6.45, 7) is 8.88. The number of nitrogens with zero attached hydrogens (tertiary/aromatic N) is 2. The van der Waals surface area contributed by atoms with E-state index in [1.807, 2.05) is 61.2 Å². The summed E-state index contributed by atoms with van der Waals surface area (Å²) in [5.41, 5.74) is 3.46. The molecule has 0 spiro atoms. The van der Waals surface area contributed by atoms with E-state index in [9.17, 15) is 4.79 Å². The van der Waals surface area contributed by atoms with Crippen LogP contribution in [0.15, 0.2) is 42.5 Å². The number of halogens is 1. The molecule has 2 aromatic rings. The molecule has 4 nitrogen and oxygen atoms in total. The molecule has 1 aliphatic rings. The minimum atomic E-state index is -0.490. The van der Waals surface area contributed by atoms with Crippen molar-refractivity contribution >= 4 is 23.2 Å². The first-order chi connectivity index (χ1) is 12.4. The molecule has 1 amide bonds. The van der Waals surface area contributed by atoms with Gasteiger partial charge in [0, 0.05) is 36.9 Å². The first-order valence-electron chi connectivity index (χ1n) is 8.97. The summed E-state index contributed by atoms with van der Waals surface area (Å²) in [7, 11) is 0. The molecule has 0 radical (unpaired) electrons. The van der Waals surface area contributed by atoms with E-state index in [0.717, 1.165) is 35.1 Å². The van der Waals surface area contributed by atoms with Crippen molar-refractivity contribution in [2.24, 2.45) is 0 Å². The SMILES string of the molecule is Cc1cccc(O[C@@H](C)C(=O)N2CCN(c3cc(Cl)ccc3C)CC2)c1. The van der Waals surface area contributed by atoms with Gasteiger partial charge in [0.1, 0.15) is 5.75 Å². The lowest BCUT2D eigenvalue weighted by Gasteiger charge is -2.37. The molecule has 0 bridgehead atoms. The van der Waals surface area contributed by atoms with E-state index in [2.05, 4.69) is 11.8 Å². The molecular formula is C21H25ClN2O2. The third kappa shape index (κ3) is 4.31. The number of benzene rings is 2. The van der Waals surface area contributed by atoms with Crippen LogP contribution in [0.4, 0.5) is 5.69 Å². The average Bonchev–Trinajstić information content (AvgIpc) is 2.63. The van der Waals surface area contributed by atoms with Gasteiger partial charge in [-0.1, -0.05) is 29.8 Å². The third-order valence-electron chi connectivity index (χ3n) is 4.75. The maximum Gasteiger partial charge on any atom is 0.263 e. The highest BCUT2D eigenvalue weighted by molar-refractivity contribution is 6.30. The molecule has 138 valence electrons. The van der Waals surface area contributed by atoms with Crippen molar-refractivity contribution in [2.75, 3.05) is 31.1 Å². The summed E-state index contributed by atoms with van der Waals surface area (Å²) < 4.78 is 5.83. The van der Waals surface area contributed by atoms with Crippen molar-refractivity contribution in [3.05, 3.63) is 58.6 Å². The van der Waals surface area contributed by atoms with Gasteiger partial charge in [-0.15, -0.1) is 0 Å². The van der Waals surface area contributed by atoms with Gasteiger partial charge in [0.05, 0.1) is 0 Å². The van der Waals surface area contributed by atoms with Crippen LogP contribution >= 0.6 is 11.6 Å². The monoisotopic (exact) mass is 372 g/mol. The number of piperazine rings is 1. The molecule has 1 fully saturated rings. The lowest BCUT2D eigenvalue weighted by Crippen LogP contribution is -2.52. The number of ether oxygens (including phenoxy) is 1. The Hall–Kier alpha value is -2.20. The molecule has 1 saturated heterocycles.